The van der Waals surface area contributed by atoms with Crippen LogP contribution in [-0.4, -0.2) is 36.1 Å². The first-order valence-electron chi connectivity index (χ1n) is 6.10. The van der Waals surface area contributed by atoms with Gasteiger partial charge in [-0.1, -0.05) is 6.07 Å². The van der Waals surface area contributed by atoms with Gasteiger partial charge < -0.3 is 5.32 Å². The molecular formula is C13H22ClN3. The maximum atomic E-state index is 4.35. The van der Waals surface area contributed by atoms with E-state index in [2.05, 4.69) is 28.2 Å². The van der Waals surface area contributed by atoms with Gasteiger partial charge in [0.1, 0.15) is 0 Å². The van der Waals surface area contributed by atoms with Gasteiger partial charge in [-0.25, -0.2) is 0 Å². The van der Waals surface area contributed by atoms with Crippen LogP contribution in [0.15, 0.2) is 18.3 Å². The summed E-state index contributed by atoms with van der Waals surface area (Å²) >= 11 is 0. The number of rotatable bonds is 4. The summed E-state index contributed by atoms with van der Waals surface area (Å²) < 4.78 is 0. The van der Waals surface area contributed by atoms with Crippen LogP contribution in [0.25, 0.3) is 0 Å². The van der Waals surface area contributed by atoms with Crippen molar-refractivity contribution in [3.8, 4) is 0 Å². The summed E-state index contributed by atoms with van der Waals surface area (Å²) in [5, 5.41) is 3.28. The zero-order valence-corrected chi connectivity index (χ0v) is 11.5. The topological polar surface area (TPSA) is 28.2 Å². The molecule has 2 rings (SSSR count). The van der Waals surface area contributed by atoms with Crippen molar-refractivity contribution in [3.63, 3.8) is 0 Å². The van der Waals surface area contributed by atoms with Crippen LogP contribution < -0.4 is 5.32 Å². The summed E-state index contributed by atoms with van der Waals surface area (Å²) in [6, 6.07) is 4.92. The summed E-state index contributed by atoms with van der Waals surface area (Å²) in [5.41, 5.74) is 2.53. The van der Waals surface area contributed by atoms with E-state index in [4.69, 9.17) is 0 Å². The fourth-order valence-electron chi connectivity index (χ4n) is 2.47. The van der Waals surface area contributed by atoms with Crippen LogP contribution in [-0.2, 0) is 6.54 Å². The second kappa shape index (κ2) is 6.94. The number of hydrogen-bond acceptors (Lipinski definition) is 3. The smallest absolute Gasteiger partial charge is 0.0417 e. The Bertz CT molecular complexity index is 343. The van der Waals surface area contributed by atoms with Crippen molar-refractivity contribution in [3.05, 3.63) is 29.6 Å². The van der Waals surface area contributed by atoms with Gasteiger partial charge in [0, 0.05) is 31.0 Å². The minimum Gasteiger partial charge on any atom is -0.318 e. The summed E-state index contributed by atoms with van der Waals surface area (Å²) in [6.07, 6.45) is 4.51. The minimum atomic E-state index is 0. The first-order valence-corrected chi connectivity index (χ1v) is 6.10. The molecule has 96 valence electrons. The third kappa shape index (κ3) is 3.66. The second-order valence-corrected chi connectivity index (χ2v) is 4.57. The lowest BCUT2D eigenvalue weighted by Crippen LogP contribution is -2.36. The largest absolute Gasteiger partial charge is 0.318 e. The van der Waals surface area contributed by atoms with Gasteiger partial charge in [-0.15, -0.1) is 12.4 Å². The molecule has 1 aliphatic rings. The van der Waals surface area contributed by atoms with Crippen LogP contribution >= 0.6 is 12.4 Å². The van der Waals surface area contributed by atoms with Crippen LogP contribution in [0.5, 0.6) is 0 Å². The fourth-order valence-corrected chi connectivity index (χ4v) is 2.47. The van der Waals surface area contributed by atoms with Gasteiger partial charge in [0.2, 0.25) is 0 Å². The van der Waals surface area contributed by atoms with Crippen molar-refractivity contribution >= 4 is 12.4 Å². The maximum Gasteiger partial charge on any atom is 0.0417 e. The predicted octanol–water partition coefficient (Wildman–Crippen LogP) is 2.00. The summed E-state index contributed by atoms with van der Waals surface area (Å²) in [5.74, 6) is 0. The highest BCUT2D eigenvalue weighted by Crippen LogP contribution is 2.20. The third-order valence-electron chi connectivity index (χ3n) is 3.43. The standard InChI is InChI=1S/C13H21N3.ClH/c1-11-12(5-3-7-15-11)10-16-8-4-6-13(16)9-14-2;/h3,5,7,13-14H,4,6,8-10H2,1-2H3;1H. The van der Waals surface area contributed by atoms with Gasteiger partial charge in [0.25, 0.3) is 0 Å². The molecule has 0 amide bonds. The molecule has 2 heterocycles. The van der Waals surface area contributed by atoms with Crippen molar-refractivity contribution in [2.24, 2.45) is 0 Å². The number of pyridine rings is 1. The Labute approximate surface area is 110 Å². The normalized spacial score (nSPS) is 20.2. The molecule has 0 saturated carbocycles. The first-order chi connectivity index (χ1) is 7.81. The highest BCUT2D eigenvalue weighted by molar-refractivity contribution is 5.85. The number of likely N-dealkylation sites (tertiary alicyclic amines) is 1. The van der Waals surface area contributed by atoms with Crippen molar-refractivity contribution in [1.29, 1.82) is 0 Å². The molecule has 0 aliphatic carbocycles. The van der Waals surface area contributed by atoms with E-state index in [-0.39, 0.29) is 12.4 Å². The lowest BCUT2D eigenvalue weighted by molar-refractivity contribution is 0.241. The second-order valence-electron chi connectivity index (χ2n) is 4.57. The molecule has 1 saturated heterocycles. The average molecular weight is 256 g/mol. The summed E-state index contributed by atoms with van der Waals surface area (Å²) in [4.78, 5) is 6.92. The van der Waals surface area contributed by atoms with Crippen LogP contribution in [0.4, 0.5) is 0 Å². The third-order valence-corrected chi connectivity index (χ3v) is 3.43. The maximum absolute atomic E-state index is 4.35. The van der Waals surface area contributed by atoms with Crippen LogP contribution in [0.1, 0.15) is 24.1 Å². The molecular weight excluding hydrogens is 234 g/mol. The predicted molar refractivity (Wildman–Crippen MR) is 73.6 cm³/mol. The molecule has 17 heavy (non-hydrogen) atoms. The molecule has 4 heteroatoms. The number of nitrogens with zero attached hydrogens (tertiary/aromatic N) is 2. The molecule has 3 nitrogen and oxygen atoms in total. The molecule has 0 bridgehead atoms. The lowest BCUT2D eigenvalue weighted by Gasteiger charge is -2.24. The molecule has 1 N–H and O–H groups in total. The Kier molecular flexibility index (Phi) is 5.89. The van der Waals surface area contributed by atoms with Gasteiger partial charge in [-0.3, -0.25) is 9.88 Å². The Hall–Kier alpha value is -0.640. The van der Waals surface area contributed by atoms with Gasteiger partial charge in [-0.05, 0) is 45.0 Å². The number of aryl methyl sites for hydroxylation is 1. The van der Waals surface area contributed by atoms with Gasteiger partial charge in [-0.2, -0.15) is 0 Å². The van der Waals surface area contributed by atoms with Crippen LogP contribution in [0.3, 0.4) is 0 Å². The van der Waals surface area contributed by atoms with Gasteiger partial charge in [0.05, 0.1) is 0 Å². The number of hydrogen-bond donors (Lipinski definition) is 1. The Morgan fingerprint density at radius 2 is 2.35 bits per heavy atom. The van der Waals surface area contributed by atoms with Crippen LogP contribution in [0, 0.1) is 6.92 Å². The molecule has 0 aromatic carbocycles. The molecule has 1 unspecified atom stereocenters. The zero-order chi connectivity index (χ0) is 11.4. The Morgan fingerprint density at radius 1 is 1.53 bits per heavy atom. The van der Waals surface area contributed by atoms with Crippen LogP contribution in [0.2, 0.25) is 0 Å². The van der Waals surface area contributed by atoms with E-state index in [0.29, 0.717) is 6.04 Å². The number of nitrogens with one attached hydrogen (secondary N) is 1. The van der Waals surface area contributed by atoms with Crippen molar-refractivity contribution in [1.82, 2.24) is 15.2 Å². The molecule has 0 radical (unpaired) electrons. The molecule has 1 aromatic rings. The van der Waals surface area contributed by atoms with E-state index in [0.717, 1.165) is 18.8 Å². The fraction of sp³-hybridized carbons (Fsp3) is 0.615. The number of likely N-dealkylation sites (N-methyl/N-ethyl adjacent to an activating group) is 1. The van der Waals surface area contributed by atoms with Gasteiger partial charge in [0.15, 0.2) is 0 Å². The molecule has 1 aromatic heterocycles. The molecule has 0 spiro atoms. The summed E-state index contributed by atoms with van der Waals surface area (Å²) in [7, 11) is 2.03. The Balaban J connectivity index is 0.00000144. The highest BCUT2D eigenvalue weighted by Gasteiger charge is 2.23. The zero-order valence-electron chi connectivity index (χ0n) is 10.6. The van der Waals surface area contributed by atoms with E-state index in [1.807, 2.05) is 19.3 Å². The van der Waals surface area contributed by atoms with Crippen molar-refractivity contribution in [2.45, 2.75) is 32.4 Å². The SMILES string of the molecule is CNCC1CCCN1Cc1cccnc1C.Cl. The average Bonchev–Trinajstić information content (AvgIpc) is 2.70. The molecule has 1 aliphatic heterocycles. The monoisotopic (exact) mass is 255 g/mol. The van der Waals surface area contributed by atoms with E-state index >= 15 is 0 Å². The minimum absolute atomic E-state index is 0. The molecule has 1 fully saturated rings. The van der Waals surface area contributed by atoms with E-state index in [1.165, 1.54) is 24.9 Å². The van der Waals surface area contributed by atoms with Crippen molar-refractivity contribution < 1.29 is 0 Å². The summed E-state index contributed by atoms with van der Waals surface area (Å²) in [6.45, 7) is 5.46. The van der Waals surface area contributed by atoms with Gasteiger partial charge >= 0.3 is 0 Å². The first kappa shape index (κ1) is 14.4. The molecule has 1 atom stereocenters. The van der Waals surface area contributed by atoms with E-state index in [1.54, 1.807) is 0 Å². The van der Waals surface area contributed by atoms with E-state index < -0.39 is 0 Å². The lowest BCUT2D eigenvalue weighted by atomic mass is 10.1. The quantitative estimate of drug-likeness (QED) is 0.892. The number of aromatic nitrogens is 1. The van der Waals surface area contributed by atoms with Crippen molar-refractivity contribution in [2.75, 3.05) is 20.1 Å². The Morgan fingerprint density at radius 3 is 3.06 bits per heavy atom. The number of halogens is 1. The van der Waals surface area contributed by atoms with E-state index in [9.17, 15) is 0 Å². The highest BCUT2D eigenvalue weighted by atomic mass is 35.5.